The molecule has 3 rings (SSSR count). The predicted octanol–water partition coefficient (Wildman–Crippen LogP) is 3.08. The Morgan fingerprint density at radius 1 is 1.10 bits per heavy atom. The lowest BCUT2D eigenvalue weighted by Crippen LogP contribution is -2.06. The number of aromatic nitrogens is 1. The fraction of sp³-hybridized carbons (Fsp3) is 0.0588. The number of hydrogen-bond donors (Lipinski definition) is 1. The second kappa shape index (κ2) is 5.14. The van der Waals surface area contributed by atoms with E-state index in [0.717, 1.165) is 16.5 Å². The largest absolute Gasteiger partial charge is 0.497 e. The molecule has 0 aliphatic heterocycles. The smallest absolute Gasteiger partial charge is 0.255 e. The van der Waals surface area contributed by atoms with Gasteiger partial charge in [0.25, 0.3) is 5.56 Å². The number of fused-ring (bicyclic) bond motifs is 1. The molecule has 0 saturated heterocycles. The lowest BCUT2D eigenvalue weighted by atomic mass is 9.97. The third-order valence-corrected chi connectivity index (χ3v) is 3.45. The summed E-state index contributed by atoms with van der Waals surface area (Å²) in [5.41, 5.74) is 2.01. The van der Waals surface area contributed by atoms with Crippen molar-refractivity contribution in [2.75, 3.05) is 7.11 Å². The quantitative estimate of drug-likeness (QED) is 0.782. The van der Waals surface area contributed by atoms with Crippen LogP contribution in [0.15, 0.2) is 53.5 Å². The van der Waals surface area contributed by atoms with Gasteiger partial charge in [0.2, 0.25) is 0 Å². The first kappa shape index (κ1) is 12.9. The molecule has 0 bridgehead atoms. The lowest BCUT2D eigenvalue weighted by molar-refractivity contribution is 0.415. The van der Waals surface area contributed by atoms with Crippen molar-refractivity contribution in [3.8, 4) is 22.9 Å². The molecule has 0 saturated carbocycles. The molecule has 0 radical (unpaired) electrons. The van der Waals surface area contributed by atoms with Gasteiger partial charge in [0.15, 0.2) is 0 Å². The summed E-state index contributed by atoms with van der Waals surface area (Å²) < 4.78 is 5.16. The summed E-state index contributed by atoms with van der Waals surface area (Å²) in [6.45, 7) is 0. The summed E-state index contributed by atoms with van der Waals surface area (Å²) in [6, 6.07) is 14.8. The Balaban J connectivity index is 2.37. The summed E-state index contributed by atoms with van der Waals surface area (Å²) >= 11 is 0. The molecule has 0 amide bonds. The number of ether oxygens (including phenoxy) is 1. The van der Waals surface area contributed by atoms with Crippen LogP contribution in [0.1, 0.15) is 5.56 Å². The normalized spacial score (nSPS) is 10.3. The number of nitrogens with one attached hydrogen (secondary N) is 1. The monoisotopic (exact) mass is 276 g/mol. The van der Waals surface area contributed by atoms with Crippen LogP contribution in [0.3, 0.4) is 0 Å². The van der Waals surface area contributed by atoms with Gasteiger partial charge in [-0.1, -0.05) is 18.2 Å². The van der Waals surface area contributed by atoms with Gasteiger partial charge in [-0.25, -0.2) is 0 Å². The van der Waals surface area contributed by atoms with E-state index in [-0.39, 0.29) is 5.56 Å². The number of methoxy groups -OCH3 is 1. The van der Waals surface area contributed by atoms with E-state index in [9.17, 15) is 10.1 Å². The van der Waals surface area contributed by atoms with Crippen LogP contribution in [0, 0.1) is 11.3 Å². The van der Waals surface area contributed by atoms with Crippen molar-refractivity contribution in [1.82, 2.24) is 4.98 Å². The molecule has 102 valence electrons. The molecule has 21 heavy (non-hydrogen) atoms. The van der Waals surface area contributed by atoms with Gasteiger partial charge in [-0.15, -0.1) is 0 Å². The molecule has 0 aliphatic carbocycles. The summed E-state index contributed by atoms with van der Waals surface area (Å²) in [4.78, 5) is 14.7. The van der Waals surface area contributed by atoms with Gasteiger partial charge in [-0.05, 0) is 29.7 Å². The van der Waals surface area contributed by atoms with E-state index >= 15 is 0 Å². The molecular formula is C17H12N2O2. The van der Waals surface area contributed by atoms with Gasteiger partial charge in [0, 0.05) is 17.3 Å². The first-order valence-corrected chi connectivity index (χ1v) is 6.43. The number of nitrogens with zero attached hydrogens (tertiary/aromatic N) is 1. The molecular weight excluding hydrogens is 264 g/mol. The third-order valence-electron chi connectivity index (χ3n) is 3.45. The Morgan fingerprint density at radius 2 is 1.90 bits per heavy atom. The van der Waals surface area contributed by atoms with Gasteiger partial charge < -0.3 is 9.72 Å². The van der Waals surface area contributed by atoms with Gasteiger partial charge in [-0.3, -0.25) is 4.79 Å². The molecule has 0 atom stereocenters. The topological polar surface area (TPSA) is 65.9 Å². The van der Waals surface area contributed by atoms with Crippen molar-refractivity contribution >= 4 is 10.8 Å². The lowest BCUT2D eigenvalue weighted by Gasteiger charge is -2.09. The number of H-pyrrole nitrogens is 1. The van der Waals surface area contributed by atoms with E-state index in [0.29, 0.717) is 16.7 Å². The van der Waals surface area contributed by atoms with Crippen LogP contribution in [0.4, 0.5) is 0 Å². The molecule has 4 heteroatoms. The van der Waals surface area contributed by atoms with Crippen molar-refractivity contribution in [2.24, 2.45) is 0 Å². The average molecular weight is 276 g/mol. The van der Waals surface area contributed by atoms with Crippen molar-refractivity contribution in [1.29, 1.82) is 5.26 Å². The first-order chi connectivity index (χ1) is 10.2. The molecule has 1 aromatic heterocycles. The average Bonchev–Trinajstić information content (AvgIpc) is 2.55. The van der Waals surface area contributed by atoms with E-state index in [4.69, 9.17) is 4.74 Å². The van der Waals surface area contributed by atoms with Crippen LogP contribution in [-0.4, -0.2) is 12.1 Å². The Kier molecular flexibility index (Phi) is 3.17. The standard InChI is InChI=1S/C17H12N2O2/c1-21-12-6-7-14-15(8-12)17(20)19-10-16(14)13-5-3-2-4-11(13)9-18/h2-8,10H,1H3,(H,19,20). The number of benzene rings is 2. The van der Waals surface area contributed by atoms with E-state index in [2.05, 4.69) is 11.1 Å². The fourth-order valence-electron chi connectivity index (χ4n) is 2.40. The minimum absolute atomic E-state index is 0.179. The van der Waals surface area contributed by atoms with Gasteiger partial charge >= 0.3 is 0 Å². The highest BCUT2D eigenvalue weighted by Gasteiger charge is 2.11. The molecule has 4 nitrogen and oxygen atoms in total. The highest BCUT2D eigenvalue weighted by molar-refractivity contribution is 5.97. The zero-order chi connectivity index (χ0) is 14.8. The van der Waals surface area contributed by atoms with E-state index in [1.165, 1.54) is 0 Å². The Morgan fingerprint density at radius 3 is 2.67 bits per heavy atom. The highest BCUT2D eigenvalue weighted by Crippen LogP contribution is 2.30. The molecule has 0 unspecified atom stereocenters. The number of hydrogen-bond acceptors (Lipinski definition) is 3. The Labute approximate surface area is 121 Å². The molecule has 0 aliphatic rings. The van der Waals surface area contributed by atoms with Crippen molar-refractivity contribution in [3.05, 3.63) is 64.6 Å². The molecule has 1 heterocycles. The van der Waals surface area contributed by atoms with Crippen LogP contribution >= 0.6 is 0 Å². The molecule has 3 aromatic rings. The second-order valence-corrected chi connectivity index (χ2v) is 4.60. The van der Waals surface area contributed by atoms with Gasteiger partial charge in [0.05, 0.1) is 24.1 Å². The maximum absolute atomic E-state index is 12.0. The molecule has 1 N–H and O–H groups in total. The second-order valence-electron chi connectivity index (χ2n) is 4.60. The van der Waals surface area contributed by atoms with Crippen LogP contribution in [-0.2, 0) is 0 Å². The molecule has 0 fully saturated rings. The third kappa shape index (κ3) is 2.15. The molecule has 0 spiro atoms. The summed E-state index contributed by atoms with van der Waals surface area (Å²) in [6.07, 6.45) is 1.65. The zero-order valence-electron chi connectivity index (χ0n) is 11.4. The van der Waals surface area contributed by atoms with Crippen LogP contribution < -0.4 is 10.3 Å². The van der Waals surface area contributed by atoms with Gasteiger partial charge in [-0.2, -0.15) is 5.26 Å². The van der Waals surface area contributed by atoms with Crippen LogP contribution in [0.2, 0.25) is 0 Å². The van der Waals surface area contributed by atoms with E-state index in [1.807, 2.05) is 24.3 Å². The van der Waals surface area contributed by atoms with Gasteiger partial charge in [0.1, 0.15) is 5.75 Å². The summed E-state index contributed by atoms with van der Waals surface area (Å²) in [5, 5.41) is 10.6. The number of nitriles is 1. The molecule has 2 aromatic carbocycles. The van der Waals surface area contributed by atoms with E-state index < -0.39 is 0 Å². The van der Waals surface area contributed by atoms with Crippen molar-refractivity contribution in [3.63, 3.8) is 0 Å². The van der Waals surface area contributed by atoms with E-state index in [1.54, 1.807) is 31.5 Å². The first-order valence-electron chi connectivity index (χ1n) is 6.43. The maximum Gasteiger partial charge on any atom is 0.255 e. The Hall–Kier alpha value is -3.06. The number of rotatable bonds is 2. The van der Waals surface area contributed by atoms with Crippen molar-refractivity contribution < 1.29 is 4.74 Å². The number of pyridine rings is 1. The summed E-state index contributed by atoms with van der Waals surface area (Å²) in [5.74, 6) is 0.624. The predicted molar refractivity (Wildman–Crippen MR) is 81.3 cm³/mol. The summed E-state index contributed by atoms with van der Waals surface area (Å²) in [7, 11) is 1.56. The van der Waals surface area contributed by atoms with Crippen LogP contribution in [0.5, 0.6) is 5.75 Å². The van der Waals surface area contributed by atoms with Crippen LogP contribution in [0.25, 0.3) is 21.9 Å². The Bertz CT molecular complexity index is 920. The van der Waals surface area contributed by atoms with Crippen molar-refractivity contribution in [2.45, 2.75) is 0 Å². The maximum atomic E-state index is 12.0. The SMILES string of the molecule is COc1ccc2c(-c3ccccc3C#N)c[nH]c(=O)c2c1. The minimum atomic E-state index is -0.179. The number of aromatic amines is 1. The minimum Gasteiger partial charge on any atom is -0.497 e. The highest BCUT2D eigenvalue weighted by atomic mass is 16.5. The zero-order valence-corrected chi connectivity index (χ0v) is 11.4. The fourth-order valence-corrected chi connectivity index (χ4v) is 2.40.